The standard InChI is InChI=1S/C19H20N2O5/c1-14(22)19(25,17(23)20-12-15-8-4-2-5-9-15)21-18(24)26-13-16-10-6-3-7-11-16/h2-11,25H,12-13H2,1H3,(H,20,23)(H,21,24). The van der Waals surface area contributed by atoms with Gasteiger partial charge in [0, 0.05) is 13.5 Å². The smallest absolute Gasteiger partial charge is 0.410 e. The van der Waals surface area contributed by atoms with Crippen LogP contribution in [0.4, 0.5) is 4.79 Å². The Balaban J connectivity index is 1.95. The zero-order chi connectivity index (χ0) is 19.0. The van der Waals surface area contributed by atoms with E-state index in [1.54, 1.807) is 48.5 Å². The first-order valence-electron chi connectivity index (χ1n) is 7.96. The number of rotatable bonds is 7. The lowest BCUT2D eigenvalue weighted by Gasteiger charge is -2.24. The van der Waals surface area contributed by atoms with Crippen LogP contribution in [0.3, 0.4) is 0 Å². The van der Waals surface area contributed by atoms with Crippen molar-refractivity contribution in [2.45, 2.75) is 25.8 Å². The highest BCUT2D eigenvalue weighted by molar-refractivity contribution is 6.09. The average molecular weight is 356 g/mol. The van der Waals surface area contributed by atoms with Crippen molar-refractivity contribution in [3.05, 3.63) is 71.8 Å². The van der Waals surface area contributed by atoms with Gasteiger partial charge in [-0.3, -0.25) is 14.9 Å². The summed E-state index contributed by atoms with van der Waals surface area (Å²) in [5.41, 5.74) is -1.20. The van der Waals surface area contributed by atoms with Gasteiger partial charge in [-0.25, -0.2) is 4.79 Å². The first-order valence-corrected chi connectivity index (χ1v) is 7.96. The van der Waals surface area contributed by atoms with Crippen molar-refractivity contribution in [1.29, 1.82) is 0 Å². The number of carbonyl (C=O) groups excluding carboxylic acids is 3. The van der Waals surface area contributed by atoms with Crippen molar-refractivity contribution in [2.75, 3.05) is 0 Å². The lowest BCUT2D eigenvalue weighted by atomic mass is 10.1. The van der Waals surface area contributed by atoms with E-state index in [0.29, 0.717) is 0 Å². The molecule has 0 aromatic heterocycles. The van der Waals surface area contributed by atoms with E-state index >= 15 is 0 Å². The number of ketones is 1. The molecule has 0 saturated heterocycles. The number of carbonyl (C=O) groups is 3. The Kier molecular flexibility index (Phi) is 6.46. The van der Waals surface area contributed by atoms with E-state index in [9.17, 15) is 19.5 Å². The van der Waals surface area contributed by atoms with Crippen LogP contribution in [0, 0.1) is 0 Å². The molecule has 0 radical (unpaired) electrons. The van der Waals surface area contributed by atoms with Gasteiger partial charge in [0.2, 0.25) is 0 Å². The van der Waals surface area contributed by atoms with Crippen LogP contribution in [0.15, 0.2) is 60.7 Å². The van der Waals surface area contributed by atoms with Crippen molar-refractivity contribution in [2.24, 2.45) is 0 Å². The Hall–Kier alpha value is -3.19. The number of nitrogens with one attached hydrogen (secondary N) is 2. The Bertz CT molecular complexity index is 764. The Morgan fingerprint density at radius 3 is 2.04 bits per heavy atom. The van der Waals surface area contributed by atoms with E-state index in [-0.39, 0.29) is 13.2 Å². The molecular formula is C19H20N2O5. The maximum absolute atomic E-state index is 12.2. The molecule has 0 fully saturated rings. The van der Waals surface area contributed by atoms with Crippen LogP contribution in [0.2, 0.25) is 0 Å². The third kappa shape index (κ3) is 5.15. The minimum atomic E-state index is -2.71. The lowest BCUT2D eigenvalue weighted by Crippen LogP contribution is -2.63. The molecule has 2 aromatic carbocycles. The third-order valence-corrected chi connectivity index (χ3v) is 3.63. The molecule has 26 heavy (non-hydrogen) atoms. The predicted octanol–water partition coefficient (Wildman–Crippen LogP) is 1.51. The van der Waals surface area contributed by atoms with Crippen molar-refractivity contribution in [1.82, 2.24) is 10.6 Å². The molecule has 2 aromatic rings. The molecule has 0 saturated carbocycles. The quantitative estimate of drug-likeness (QED) is 0.515. The highest BCUT2D eigenvalue weighted by Crippen LogP contribution is 2.07. The molecule has 0 spiro atoms. The van der Waals surface area contributed by atoms with Crippen LogP contribution in [0.5, 0.6) is 0 Å². The monoisotopic (exact) mass is 356 g/mol. The molecule has 2 amide bonds. The normalized spacial score (nSPS) is 12.5. The number of ether oxygens (including phenoxy) is 1. The highest BCUT2D eigenvalue weighted by Gasteiger charge is 2.43. The molecular weight excluding hydrogens is 336 g/mol. The maximum Gasteiger partial charge on any atom is 0.410 e. The Morgan fingerprint density at radius 2 is 1.50 bits per heavy atom. The summed E-state index contributed by atoms with van der Waals surface area (Å²) in [5.74, 6) is -1.97. The summed E-state index contributed by atoms with van der Waals surface area (Å²) in [6.07, 6.45) is -1.08. The second-order valence-electron chi connectivity index (χ2n) is 5.62. The second-order valence-corrected chi connectivity index (χ2v) is 5.62. The van der Waals surface area contributed by atoms with Gasteiger partial charge in [0.15, 0.2) is 5.78 Å². The van der Waals surface area contributed by atoms with Crippen molar-refractivity contribution in [3.8, 4) is 0 Å². The molecule has 1 unspecified atom stereocenters. The highest BCUT2D eigenvalue weighted by atomic mass is 16.6. The van der Waals surface area contributed by atoms with E-state index in [1.165, 1.54) is 0 Å². The van der Waals surface area contributed by atoms with Crippen molar-refractivity contribution < 1.29 is 24.2 Å². The molecule has 7 heteroatoms. The molecule has 0 heterocycles. The fourth-order valence-electron chi connectivity index (χ4n) is 2.12. The minimum Gasteiger partial charge on any atom is -0.445 e. The number of hydrogen-bond donors (Lipinski definition) is 3. The summed E-state index contributed by atoms with van der Waals surface area (Å²) >= 11 is 0. The second kappa shape index (κ2) is 8.77. The number of alkyl carbamates (subject to hydrolysis) is 1. The first-order chi connectivity index (χ1) is 12.4. The summed E-state index contributed by atoms with van der Waals surface area (Å²) in [6, 6.07) is 17.8. The number of benzene rings is 2. The molecule has 7 nitrogen and oxygen atoms in total. The first kappa shape index (κ1) is 19.1. The van der Waals surface area contributed by atoms with E-state index in [4.69, 9.17) is 4.74 Å². The Morgan fingerprint density at radius 1 is 0.962 bits per heavy atom. The molecule has 0 aliphatic heterocycles. The SMILES string of the molecule is CC(=O)C(O)(NC(=O)OCc1ccccc1)C(=O)NCc1ccccc1. The van der Waals surface area contributed by atoms with Crippen LogP contribution >= 0.6 is 0 Å². The topological polar surface area (TPSA) is 105 Å². The van der Waals surface area contributed by atoms with Crippen LogP contribution in [0.25, 0.3) is 0 Å². The lowest BCUT2D eigenvalue weighted by molar-refractivity contribution is -0.154. The van der Waals surface area contributed by atoms with Gasteiger partial charge in [-0.15, -0.1) is 0 Å². The number of amides is 2. The van der Waals surface area contributed by atoms with Crippen molar-refractivity contribution in [3.63, 3.8) is 0 Å². The third-order valence-electron chi connectivity index (χ3n) is 3.63. The molecule has 0 aliphatic carbocycles. The summed E-state index contributed by atoms with van der Waals surface area (Å²) in [7, 11) is 0. The maximum atomic E-state index is 12.2. The fraction of sp³-hybridized carbons (Fsp3) is 0.211. The summed E-state index contributed by atoms with van der Waals surface area (Å²) in [6.45, 7) is 1.03. The number of aliphatic hydroxyl groups is 1. The molecule has 2 rings (SSSR count). The Labute approximate surface area is 151 Å². The van der Waals surface area contributed by atoms with E-state index in [1.807, 2.05) is 17.4 Å². The van der Waals surface area contributed by atoms with E-state index < -0.39 is 23.5 Å². The minimum absolute atomic E-state index is 0.0632. The largest absolute Gasteiger partial charge is 0.445 e. The van der Waals surface area contributed by atoms with Gasteiger partial charge in [-0.2, -0.15) is 0 Å². The molecule has 0 bridgehead atoms. The van der Waals surface area contributed by atoms with Gasteiger partial charge < -0.3 is 15.2 Å². The summed E-state index contributed by atoms with van der Waals surface area (Å²) < 4.78 is 4.94. The van der Waals surface area contributed by atoms with Gasteiger partial charge in [-0.05, 0) is 11.1 Å². The van der Waals surface area contributed by atoms with Gasteiger partial charge in [0.05, 0.1) is 0 Å². The zero-order valence-electron chi connectivity index (χ0n) is 14.3. The van der Waals surface area contributed by atoms with Crippen LogP contribution in [-0.4, -0.2) is 28.6 Å². The van der Waals surface area contributed by atoms with Gasteiger partial charge >= 0.3 is 6.09 Å². The molecule has 136 valence electrons. The van der Waals surface area contributed by atoms with Gasteiger partial charge in [0.1, 0.15) is 6.61 Å². The summed E-state index contributed by atoms with van der Waals surface area (Å²) in [4.78, 5) is 35.9. The van der Waals surface area contributed by atoms with Crippen molar-refractivity contribution >= 4 is 17.8 Å². The van der Waals surface area contributed by atoms with E-state index in [0.717, 1.165) is 18.1 Å². The zero-order valence-corrected chi connectivity index (χ0v) is 14.3. The molecule has 0 aliphatic rings. The number of Topliss-reactive ketones (excluding diaryl/α,β-unsaturated/α-hetero) is 1. The summed E-state index contributed by atoms with van der Waals surface area (Å²) in [5, 5.41) is 14.7. The van der Waals surface area contributed by atoms with Crippen LogP contribution in [-0.2, 0) is 27.5 Å². The van der Waals surface area contributed by atoms with E-state index in [2.05, 4.69) is 5.32 Å². The predicted molar refractivity (Wildman–Crippen MR) is 93.7 cm³/mol. The van der Waals surface area contributed by atoms with Crippen LogP contribution in [0.1, 0.15) is 18.1 Å². The fourth-order valence-corrected chi connectivity index (χ4v) is 2.12. The average Bonchev–Trinajstić information content (AvgIpc) is 2.65. The van der Waals surface area contributed by atoms with Gasteiger partial charge in [-0.1, -0.05) is 60.7 Å². The number of hydrogen-bond acceptors (Lipinski definition) is 5. The van der Waals surface area contributed by atoms with Gasteiger partial charge in [0.25, 0.3) is 11.6 Å². The van der Waals surface area contributed by atoms with Crippen LogP contribution < -0.4 is 10.6 Å². The molecule has 1 atom stereocenters. The molecule has 3 N–H and O–H groups in total.